The third-order valence-electron chi connectivity index (χ3n) is 2.09. The molecular formula is C10H21N5. The van der Waals surface area contributed by atoms with E-state index in [1.165, 1.54) is 24.3 Å². The van der Waals surface area contributed by atoms with E-state index in [1.54, 1.807) is 18.5 Å². The van der Waals surface area contributed by atoms with Crippen LogP contribution in [0.2, 0.25) is 0 Å². The fourth-order valence-corrected chi connectivity index (χ4v) is 1.08. The summed E-state index contributed by atoms with van der Waals surface area (Å²) >= 11 is 0. The second kappa shape index (κ2) is 7.99. The summed E-state index contributed by atoms with van der Waals surface area (Å²) in [6, 6.07) is 1.71. The first-order chi connectivity index (χ1) is 7.15. The Kier molecular flexibility index (Phi) is 7.27. The van der Waals surface area contributed by atoms with Gasteiger partial charge in [-0.05, 0) is 25.7 Å². The number of nitrogens with zero attached hydrogens (tertiary/aromatic N) is 3. The maximum Gasteiger partial charge on any atom is 0.213 e. The zero-order chi connectivity index (χ0) is 11.7. The highest BCUT2D eigenvalue weighted by Gasteiger charge is 1.89. The minimum Gasteiger partial charge on any atom is -0.368 e. The highest BCUT2D eigenvalue weighted by Crippen LogP contribution is 1.81. The molecule has 0 aliphatic carbocycles. The van der Waals surface area contributed by atoms with E-state index in [-0.39, 0.29) is 5.96 Å². The van der Waals surface area contributed by atoms with Crippen molar-refractivity contribution in [1.29, 1.82) is 5.41 Å². The Morgan fingerprint density at radius 1 is 1.33 bits per heavy atom. The standard InChI is InChI=1S/C6H15N.C4H6N4/c1-4-7(5-2)6-3;5-4(6)8-3-1-2-7-8/h4-6H2,1-3H3;1-3H,(H3,5,6). The van der Waals surface area contributed by atoms with Gasteiger partial charge in [-0.2, -0.15) is 5.10 Å². The van der Waals surface area contributed by atoms with Crippen LogP contribution in [0.3, 0.4) is 0 Å². The number of hydrogen-bond donors (Lipinski definition) is 2. The van der Waals surface area contributed by atoms with E-state index in [4.69, 9.17) is 11.1 Å². The predicted octanol–water partition coefficient (Wildman–Crippen LogP) is 0.973. The van der Waals surface area contributed by atoms with Gasteiger partial charge in [0.2, 0.25) is 5.96 Å². The van der Waals surface area contributed by atoms with Crippen LogP contribution in [-0.4, -0.2) is 40.3 Å². The minimum atomic E-state index is -0.0602. The van der Waals surface area contributed by atoms with E-state index in [9.17, 15) is 0 Å². The number of nitrogens with two attached hydrogens (primary N) is 1. The molecule has 0 fully saturated rings. The molecule has 1 aromatic heterocycles. The average molecular weight is 211 g/mol. The zero-order valence-corrected chi connectivity index (χ0v) is 9.77. The Morgan fingerprint density at radius 2 is 1.87 bits per heavy atom. The molecule has 5 heteroatoms. The SMILES string of the molecule is CCN(CC)CC.N=C(N)n1cccn1. The molecule has 86 valence electrons. The number of aromatic nitrogens is 2. The lowest BCUT2D eigenvalue weighted by Crippen LogP contribution is -2.21. The number of nitrogens with one attached hydrogen (secondary N) is 1. The molecule has 0 atom stereocenters. The molecule has 0 bridgehead atoms. The van der Waals surface area contributed by atoms with E-state index in [0.717, 1.165) is 0 Å². The van der Waals surface area contributed by atoms with Gasteiger partial charge in [0.05, 0.1) is 0 Å². The largest absolute Gasteiger partial charge is 0.368 e. The van der Waals surface area contributed by atoms with E-state index < -0.39 is 0 Å². The first kappa shape index (κ1) is 13.6. The van der Waals surface area contributed by atoms with E-state index in [1.807, 2.05) is 0 Å². The maximum absolute atomic E-state index is 6.83. The number of rotatable bonds is 3. The summed E-state index contributed by atoms with van der Waals surface area (Å²) in [4.78, 5) is 2.38. The Balaban J connectivity index is 0.000000265. The molecule has 1 rings (SSSR count). The van der Waals surface area contributed by atoms with Gasteiger partial charge in [-0.25, -0.2) is 4.68 Å². The second-order valence-electron chi connectivity index (χ2n) is 2.96. The monoisotopic (exact) mass is 211 g/mol. The van der Waals surface area contributed by atoms with Gasteiger partial charge in [0.15, 0.2) is 0 Å². The van der Waals surface area contributed by atoms with Crippen LogP contribution in [0.5, 0.6) is 0 Å². The van der Waals surface area contributed by atoms with Gasteiger partial charge in [-0.1, -0.05) is 20.8 Å². The first-order valence-electron chi connectivity index (χ1n) is 5.22. The van der Waals surface area contributed by atoms with Crippen LogP contribution in [0.15, 0.2) is 18.5 Å². The Bertz CT molecular complexity index is 245. The van der Waals surface area contributed by atoms with E-state index >= 15 is 0 Å². The van der Waals surface area contributed by atoms with Gasteiger partial charge in [-0.15, -0.1) is 0 Å². The lowest BCUT2D eigenvalue weighted by atomic mass is 10.5. The Morgan fingerprint density at radius 3 is 2.00 bits per heavy atom. The third-order valence-corrected chi connectivity index (χ3v) is 2.09. The summed E-state index contributed by atoms with van der Waals surface area (Å²) in [7, 11) is 0. The molecule has 1 heterocycles. The zero-order valence-electron chi connectivity index (χ0n) is 9.77. The van der Waals surface area contributed by atoms with Gasteiger partial charge in [0.1, 0.15) is 0 Å². The van der Waals surface area contributed by atoms with Crippen LogP contribution in [0.25, 0.3) is 0 Å². The molecule has 0 saturated carbocycles. The van der Waals surface area contributed by atoms with Crippen molar-refractivity contribution >= 4 is 5.96 Å². The third kappa shape index (κ3) is 5.85. The van der Waals surface area contributed by atoms with Gasteiger partial charge in [0.25, 0.3) is 0 Å². The Labute approximate surface area is 91.4 Å². The number of nitrogen functional groups attached to an aromatic ring is 1. The molecule has 0 unspecified atom stereocenters. The van der Waals surface area contributed by atoms with Gasteiger partial charge in [0, 0.05) is 12.4 Å². The molecule has 0 aromatic carbocycles. The molecule has 0 spiro atoms. The average Bonchev–Trinajstić information content (AvgIpc) is 2.74. The summed E-state index contributed by atoms with van der Waals surface area (Å²) in [6.45, 7) is 10.1. The quantitative estimate of drug-likeness (QED) is 0.578. The molecule has 0 amide bonds. The fourth-order valence-electron chi connectivity index (χ4n) is 1.08. The van der Waals surface area contributed by atoms with Crippen molar-refractivity contribution in [2.75, 3.05) is 19.6 Å². The smallest absolute Gasteiger partial charge is 0.213 e. The lowest BCUT2D eigenvalue weighted by molar-refractivity contribution is 0.321. The molecule has 15 heavy (non-hydrogen) atoms. The molecule has 5 nitrogen and oxygen atoms in total. The second-order valence-corrected chi connectivity index (χ2v) is 2.96. The van der Waals surface area contributed by atoms with Crippen molar-refractivity contribution in [2.24, 2.45) is 5.73 Å². The molecule has 0 aliphatic heterocycles. The van der Waals surface area contributed by atoms with Gasteiger partial charge >= 0.3 is 0 Å². The fraction of sp³-hybridized carbons (Fsp3) is 0.600. The van der Waals surface area contributed by atoms with Gasteiger partial charge in [-0.3, -0.25) is 5.41 Å². The van der Waals surface area contributed by atoms with Crippen molar-refractivity contribution in [2.45, 2.75) is 20.8 Å². The summed E-state index contributed by atoms with van der Waals surface area (Å²) in [5.74, 6) is -0.0602. The normalized spacial score (nSPS) is 9.60. The molecular weight excluding hydrogens is 190 g/mol. The first-order valence-corrected chi connectivity index (χ1v) is 5.22. The van der Waals surface area contributed by atoms with Crippen molar-refractivity contribution < 1.29 is 0 Å². The van der Waals surface area contributed by atoms with Crippen molar-refractivity contribution in [3.05, 3.63) is 18.5 Å². The number of hydrogen-bond acceptors (Lipinski definition) is 3. The summed E-state index contributed by atoms with van der Waals surface area (Å²) < 4.78 is 1.28. The summed E-state index contributed by atoms with van der Waals surface area (Å²) in [5, 5.41) is 10.5. The van der Waals surface area contributed by atoms with Crippen LogP contribution in [-0.2, 0) is 0 Å². The van der Waals surface area contributed by atoms with Crippen LogP contribution in [0, 0.1) is 5.41 Å². The molecule has 0 aliphatic rings. The highest BCUT2D eigenvalue weighted by molar-refractivity contribution is 5.75. The molecule has 3 N–H and O–H groups in total. The maximum atomic E-state index is 6.83. The van der Waals surface area contributed by atoms with Crippen molar-refractivity contribution in [1.82, 2.24) is 14.7 Å². The molecule has 0 saturated heterocycles. The van der Waals surface area contributed by atoms with Crippen LogP contribution < -0.4 is 5.73 Å². The van der Waals surface area contributed by atoms with Crippen LogP contribution in [0.1, 0.15) is 20.8 Å². The van der Waals surface area contributed by atoms with Crippen molar-refractivity contribution in [3.8, 4) is 0 Å². The minimum absolute atomic E-state index is 0.0602. The lowest BCUT2D eigenvalue weighted by Gasteiger charge is -2.13. The topological polar surface area (TPSA) is 70.9 Å². The Hall–Kier alpha value is -1.36. The van der Waals surface area contributed by atoms with Crippen LogP contribution >= 0.6 is 0 Å². The summed E-state index contributed by atoms with van der Waals surface area (Å²) in [6.07, 6.45) is 3.18. The van der Waals surface area contributed by atoms with E-state index in [0.29, 0.717) is 0 Å². The van der Waals surface area contributed by atoms with Gasteiger partial charge < -0.3 is 10.6 Å². The predicted molar refractivity (Wildman–Crippen MR) is 63.0 cm³/mol. The van der Waals surface area contributed by atoms with E-state index in [2.05, 4.69) is 30.8 Å². The van der Waals surface area contributed by atoms with Crippen LogP contribution in [0.4, 0.5) is 0 Å². The van der Waals surface area contributed by atoms with Crippen molar-refractivity contribution in [3.63, 3.8) is 0 Å². The molecule has 1 aromatic rings. The highest BCUT2D eigenvalue weighted by atomic mass is 15.3. The molecule has 0 radical (unpaired) electrons. The summed E-state index contributed by atoms with van der Waals surface area (Å²) in [5.41, 5.74) is 5.04.